The molecule has 64 valence electrons. The van der Waals surface area contributed by atoms with Crippen LogP contribution in [0.25, 0.3) is 10.9 Å². The number of nitrogens with one attached hydrogen (secondary N) is 1. The molecule has 12 heavy (non-hydrogen) atoms. The number of aromatic nitrogens is 1. The van der Waals surface area contributed by atoms with Crippen molar-refractivity contribution in [3.8, 4) is 0 Å². The molecule has 4 heteroatoms. The summed E-state index contributed by atoms with van der Waals surface area (Å²) in [7, 11) is 0. The maximum Gasteiger partial charge on any atom is 0.0571 e. The van der Waals surface area contributed by atoms with Crippen molar-refractivity contribution in [1.82, 2.24) is 4.98 Å². The summed E-state index contributed by atoms with van der Waals surface area (Å²) in [6.45, 7) is 0. The van der Waals surface area contributed by atoms with Crippen LogP contribution in [-0.2, 0) is 0 Å². The Balaban J connectivity index is 0.000000720. The zero-order chi connectivity index (χ0) is 7.84. The van der Waals surface area contributed by atoms with Crippen molar-refractivity contribution in [2.24, 2.45) is 0 Å². The van der Waals surface area contributed by atoms with Gasteiger partial charge in [0, 0.05) is 22.1 Å². The largest absolute Gasteiger partial charge is 0.397 e. The zero-order valence-corrected chi connectivity index (χ0v) is 7.75. The van der Waals surface area contributed by atoms with Crippen molar-refractivity contribution in [2.75, 3.05) is 5.73 Å². The van der Waals surface area contributed by atoms with E-state index in [0.29, 0.717) is 0 Å². The van der Waals surface area contributed by atoms with Gasteiger partial charge in [0.15, 0.2) is 0 Å². The molecule has 1 aromatic heterocycles. The van der Waals surface area contributed by atoms with Crippen LogP contribution in [0, 0.1) is 0 Å². The first-order chi connectivity index (χ1) is 5.27. The van der Waals surface area contributed by atoms with Gasteiger partial charge in [-0.25, -0.2) is 0 Å². The highest BCUT2D eigenvalue weighted by Crippen LogP contribution is 2.22. The number of anilines is 1. The number of rotatable bonds is 0. The van der Waals surface area contributed by atoms with Crippen LogP contribution in [-0.4, -0.2) is 4.98 Å². The lowest BCUT2D eigenvalue weighted by Crippen LogP contribution is -1.78. The molecule has 2 nitrogen and oxygen atoms in total. The average Bonchev–Trinajstić information content (AvgIpc) is 2.32. The van der Waals surface area contributed by atoms with Crippen LogP contribution in [0.1, 0.15) is 0 Å². The lowest BCUT2D eigenvalue weighted by Gasteiger charge is -1.91. The predicted octanol–water partition coefficient (Wildman–Crippen LogP) is 2.83. The molecule has 3 N–H and O–H groups in total. The highest BCUT2D eigenvalue weighted by Gasteiger charge is 1.98. The normalized spacial score (nSPS) is 9.75. The van der Waals surface area contributed by atoms with Crippen LogP contribution >= 0.6 is 24.0 Å². The predicted molar refractivity (Wildman–Crippen MR) is 55.0 cm³/mol. The molecule has 1 heterocycles. The summed E-state index contributed by atoms with van der Waals surface area (Å²) < 4.78 is 0. The van der Waals surface area contributed by atoms with E-state index >= 15 is 0 Å². The van der Waals surface area contributed by atoms with Crippen molar-refractivity contribution in [3.05, 3.63) is 29.4 Å². The summed E-state index contributed by atoms with van der Waals surface area (Å²) in [5, 5.41) is 1.74. The van der Waals surface area contributed by atoms with Crippen molar-refractivity contribution < 1.29 is 0 Å². The number of hydrogen-bond acceptors (Lipinski definition) is 1. The number of hydrogen-bond donors (Lipinski definition) is 2. The summed E-state index contributed by atoms with van der Waals surface area (Å²) in [6, 6.07) is 5.59. The molecule has 0 aliphatic rings. The van der Waals surface area contributed by atoms with Crippen LogP contribution in [0.3, 0.4) is 0 Å². The second-order valence-electron chi connectivity index (χ2n) is 2.43. The van der Waals surface area contributed by atoms with Crippen molar-refractivity contribution in [1.29, 1.82) is 0 Å². The van der Waals surface area contributed by atoms with E-state index in [9.17, 15) is 0 Å². The minimum atomic E-state index is 0. The fourth-order valence-corrected chi connectivity index (χ4v) is 1.29. The first-order valence-electron chi connectivity index (χ1n) is 3.29. The molecule has 1 aromatic carbocycles. The Morgan fingerprint density at radius 1 is 1.33 bits per heavy atom. The van der Waals surface area contributed by atoms with Crippen LogP contribution in [0.15, 0.2) is 24.4 Å². The van der Waals surface area contributed by atoms with Crippen molar-refractivity contribution in [2.45, 2.75) is 0 Å². The van der Waals surface area contributed by atoms with Gasteiger partial charge in [0.1, 0.15) is 0 Å². The summed E-state index contributed by atoms with van der Waals surface area (Å²) >= 11 is 5.77. The molecule has 0 amide bonds. The molecule has 2 rings (SSSR count). The molecule has 0 saturated heterocycles. The quantitative estimate of drug-likeness (QED) is 0.679. The second kappa shape index (κ2) is 3.25. The van der Waals surface area contributed by atoms with E-state index < -0.39 is 0 Å². The Bertz CT molecular complexity index is 395. The Labute approximate surface area is 81.1 Å². The third-order valence-electron chi connectivity index (χ3n) is 1.68. The third-order valence-corrected chi connectivity index (χ3v) is 1.91. The van der Waals surface area contributed by atoms with Gasteiger partial charge in [-0.15, -0.1) is 12.4 Å². The number of benzene rings is 1. The van der Waals surface area contributed by atoms with Crippen molar-refractivity contribution >= 4 is 40.6 Å². The molecular formula is C8H8Cl2N2. The van der Waals surface area contributed by atoms with E-state index in [1.807, 2.05) is 18.2 Å². The van der Waals surface area contributed by atoms with Gasteiger partial charge in [-0.3, -0.25) is 0 Å². The van der Waals surface area contributed by atoms with Gasteiger partial charge in [-0.1, -0.05) is 11.6 Å². The maximum atomic E-state index is 5.77. The molecule has 0 aliphatic heterocycles. The Morgan fingerprint density at radius 3 is 2.83 bits per heavy atom. The molecule has 0 fully saturated rings. The molecule has 0 radical (unpaired) electrons. The number of nitrogens with two attached hydrogens (primary N) is 1. The van der Waals surface area contributed by atoms with Crippen molar-refractivity contribution in [3.63, 3.8) is 0 Å². The van der Waals surface area contributed by atoms with E-state index in [1.54, 1.807) is 6.20 Å². The van der Waals surface area contributed by atoms with E-state index in [2.05, 4.69) is 4.98 Å². The van der Waals surface area contributed by atoms with Crippen LogP contribution in [0.4, 0.5) is 5.69 Å². The van der Waals surface area contributed by atoms with Crippen LogP contribution in [0.5, 0.6) is 0 Å². The fourth-order valence-electron chi connectivity index (χ4n) is 1.12. The minimum absolute atomic E-state index is 0. The number of aromatic amines is 1. The molecule has 2 aromatic rings. The SMILES string of the molecule is Cl.Nc1c[nH]c2cc(Cl)ccc12. The first kappa shape index (κ1) is 9.23. The minimum Gasteiger partial charge on any atom is -0.397 e. The highest BCUT2D eigenvalue weighted by atomic mass is 35.5. The lowest BCUT2D eigenvalue weighted by molar-refractivity contribution is 1.48. The number of nitrogen functional groups attached to an aromatic ring is 1. The van der Waals surface area contributed by atoms with Gasteiger partial charge in [0.25, 0.3) is 0 Å². The molecule has 0 saturated carbocycles. The number of halogens is 2. The summed E-state index contributed by atoms with van der Waals surface area (Å²) in [5.74, 6) is 0. The van der Waals surface area contributed by atoms with Crippen LogP contribution in [0.2, 0.25) is 5.02 Å². The molecular weight excluding hydrogens is 195 g/mol. The number of H-pyrrole nitrogens is 1. The smallest absolute Gasteiger partial charge is 0.0571 e. The monoisotopic (exact) mass is 202 g/mol. The van der Waals surface area contributed by atoms with Crippen LogP contribution < -0.4 is 5.73 Å². The lowest BCUT2D eigenvalue weighted by atomic mass is 10.2. The summed E-state index contributed by atoms with van der Waals surface area (Å²) in [4.78, 5) is 3.02. The second-order valence-corrected chi connectivity index (χ2v) is 2.87. The Morgan fingerprint density at radius 2 is 2.08 bits per heavy atom. The summed E-state index contributed by atoms with van der Waals surface area (Å²) in [5.41, 5.74) is 7.39. The van der Waals surface area contributed by atoms with E-state index in [-0.39, 0.29) is 12.4 Å². The first-order valence-corrected chi connectivity index (χ1v) is 3.67. The summed E-state index contributed by atoms with van der Waals surface area (Å²) in [6.07, 6.45) is 1.76. The molecule has 0 unspecified atom stereocenters. The van der Waals surface area contributed by atoms with Gasteiger partial charge >= 0.3 is 0 Å². The van der Waals surface area contributed by atoms with E-state index in [1.165, 1.54) is 0 Å². The van der Waals surface area contributed by atoms with Gasteiger partial charge < -0.3 is 10.7 Å². The fraction of sp³-hybridized carbons (Fsp3) is 0. The number of fused-ring (bicyclic) bond motifs is 1. The van der Waals surface area contributed by atoms with Gasteiger partial charge in [0.05, 0.1) is 5.69 Å². The van der Waals surface area contributed by atoms with Gasteiger partial charge in [-0.05, 0) is 18.2 Å². The third kappa shape index (κ3) is 1.36. The molecule has 0 aliphatic carbocycles. The van der Waals surface area contributed by atoms with E-state index in [0.717, 1.165) is 21.6 Å². The molecule has 0 atom stereocenters. The molecule has 0 bridgehead atoms. The zero-order valence-electron chi connectivity index (χ0n) is 6.17. The van der Waals surface area contributed by atoms with Gasteiger partial charge in [0.2, 0.25) is 0 Å². The standard InChI is InChI=1S/C8H7ClN2.ClH/c9-5-1-2-6-7(10)4-11-8(6)3-5;/h1-4,11H,10H2;1H. The maximum absolute atomic E-state index is 5.77. The molecule has 0 spiro atoms. The average molecular weight is 203 g/mol. The Kier molecular flexibility index (Phi) is 2.50. The van der Waals surface area contributed by atoms with Gasteiger partial charge in [-0.2, -0.15) is 0 Å². The van der Waals surface area contributed by atoms with E-state index in [4.69, 9.17) is 17.3 Å². The highest BCUT2D eigenvalue weighted by molar-refractivity contribution is 6.31. The Hall–Kier alpha value is -0.860. The topological polar surface area (TPSA) is 41.8 Å².